The topological polar surface area (TPSA) is 64.3 Å². The van der Waals surface area contributed by atoms with Gasteiger partial charge in [0.2, 0.25) is 0 Å². The Morgan fingerprint density at radius 3 is 2.70 bits per heavy atom. The lowest BCUT2D eigenvalue weighted by molar-refractivity contribution is -0.123. The fourth-order valence-electron chi connectivity index (χ4n) is 1.88. The van der Waals surface area contributed by atoms with Gasteiger partial charge in [-0.2, -0.15) is 0 Å². The lowest BCUT2D eigenvalue weighted by atomic mass is 10.1. The second kappa shape index (κ2) is 7.85. The first-order valence-corrected chi connectivity index (χ1v) is 6.91. The number of benzene rings is 1. The Bertz CT molecular complexity index is 449. The quantitative estimate of drug-likeness (QED) is 0.807. The first-order valence-electron chi connectivity index (χ1n) is 6.91. The molecule has 0 fully saturated rings. The molecule has 2 atom stereocenters. The van der Waals surface area contributed by atoms with E-state index in [0.29, 0.717) is 5.56 Å². The predicted molar refractivity (Wildman–Crippen MR) is 77.0 cm³/mol. The van der Waals surface area contributed by atoms with E-state index in [1.807, 2.05) is 6.92 Å². The normalized spacial score (nSPS) is 13.7. The highest BCUT2D eigenvalue weighted by atomic mass is 19.1. The monoisotopic (exact) mass is 282 g/mol. The summed E-state index contributed by atoms with van der Waals surface area (Å²) in [7, 11) is 0. The Hall–Kier alpha value is -1.62. The van der Waals surface area contributed by atoms with Crippen molar-refractivity contribution in [2.75, 3.05) is 6.61 Å². The van der Waals surface area contributed by atoms with Crippen molar-refractivity contribution in [2.45, 2.75) is 45.7 Å². The van der Waals surface area contributed by atoms with Crippen LogP contribution < -0.4 is 15.8 Å². The van der Waals surface area contributed by atoms with Crippen LogP contribution in [-0.4, -0.2) is 18.6 Å². The van der Waals surface area contributed by atoms with E-state index >= 15 is 0 Å². The minimum atomic E-state index is -0.505. The van der Waals surface area contributed by atoms with Gasteiger partial charge in [-0.25, -0.2) is 4.39 Å². The molecule has 4 nitrogen and oxygen atoms in total. The smallest absolute Gasteiger partial charge is 0.258 e. The van der Waals surface area contributed by atoms with Crippen LogP contribution in [0.2, 0.25) is 0 Å². The molecular formula is C15H23FN2O2. The molecule has 0 aliphatic carbocycles. The minimum Gasteiger partial charge on any atom is -0.481 e. The maximum Gasteiger partial charge on any atom is 0.258 e. The van der Waals surface area contributed by atoms with Gasteiger partial charge >= 0.3 is 0 Å². The van der Waals surface area contributed by atoms with E-state index in [-0.39, 0.29) is 30.3 Å². The van der Waals surface area contributed by atoms with E-state index in [9.17, 15) is 9.18 Å². The van der Waals surface area contributed by atoms with Crippen LogP contribution in [0.5, 0.6) is 5.75 Å². The number of nitrogens with two attached hydrogens (primary N) is 1. The first-order chi connectivity index (χ1) is 9.43. The summed E-state index contributed by atoms with van der Waals surface area (Å²) < 4.78 is 18.9. The Labute approximate surface area is 119 Å². The Morgan fingerprint density at radius 1 is 1.45 bits per heavy atom. The highest BCUT2D eigenvalue weighted by Gasteiger charge is 2.11. The van der Waals surface area contributed by atoms with Gasteiger partial charge in [-0.15, -0.1) is 0 Å². The number of ether oxygens (including phenoxy) is 1. The standard InChI is InChI=1S/C15H23FN2O2/c1-4-5-10(2)18-15(19)9-20-14-7-6-12(11(3)17)8-13(14)16/h6-8,10-11H,4-5,9,17H2,1-3H3,(H,18,19). The van der Waals surface area contributed by atoms with Crippen LogP contribution in [0.4, 0.5) is 4.39 Å². The lowest BCUT2D eigenvalue weighted by Crippen LogP contribution is -2.36. The fourth-order valence-corrected chi connectivity index (χ4v) is 1.88. The number of hydrogen-bond acceptors (Lipinski definition) is 3. The average Bonchev–Trinajstić information content (AvgIpc) is 2.37. The molecule has 5 heteroatoms. The molecule has 1 aromatic carbocycles. The molecule has 0 bridgehead atoms. The molecule has 0 radical (unpaired) electrons. The summed E-state index contributed by atoms with van der Waals surface area (Å²) in [6.45, 7) is 5.56. The van der Waals surface area contributed by atoms with Gasteiger partial charge < -0.3 is 15.8 Å². The lowest BCUT2D eigenvalue weighted by Gasteiger charge is -2.14. The number of hydrogen-bond donors (Lipinski definition) is 2. The highest BCUT2D eigenvalue weighted by Crippen LogP contribution is 2.21. The molecule has 0 aliphatic heterocycles. The highest BCUT2D eigenvalue weighted by molar-refractivity contribution is 5.77. The van der Waals surface area contributed by atoms with E-state index in [2.05, 4.69) is 12.2 Å². The van der Waals surface area contributed by atoms with E-state index in [1.54, 1.807) is 13.0 Å². The number of carbonyl (C=O) groups is 1. The minimum absolute atomic E-state index is 0.0627. The Morgan fingerprint density at radius 2 is 2.15 bits per heavy atom. The summed E-state index contributed by atoms with van der Waals surface area (Å²) in [6.07, 6.45) is 1.90. The van der Waals surface area contributed by atoms with Gasteiger partial charge in [0.15, 0.2) is 18.2 Å². The first kappa shape index (κ1) is 16.4. The third-order valence-electron chi connectivity index (χ3n) is 2.97. The second-order valence-corrected chi connectivity index (χ2v) is 5.02. The second-order valence-electron chi connectivity index (χ2n) is 5.02. The maximum absolute atomic E-state index is 13.7. The number of amides is 1. The van der Waals surface area contributed by atoms with Crippen LogP contribution in [0.15, 0.2) is 18.2 Å². The van der Waals surface area contributed by atoms with Crippen LogP contribution in [0.25, 0.3) is 0 Å². The van der Waals surface area contributed by atoms with Crippen molar-refractivity contribution in [2.24, 2.45) is 5.73 Å². The predicted octanol–water partition coefficient (Wildman–Crippen LogP) is 2.53. The van der Waals surface area contributed by atoms with Crippen LogP contribution in [0, 0.1) is 5.82 Å². The van der Waals surface area contributed by atoms with Crippen LogP contribution in [-0.2, 0) is 4.79 Å². The third-order valence-corrected chi connectivity index (χ3v) is 2.97. The van der Waals surface area contributed by atoms with Gasteiger partial charge in [0.25, 0.3) is 5.91 Å². The van der Waals surface area contributed by atoms with E-state index in [0.717, 1.165) is 12.8 Å². The number of nitrogens with one attached hydrogen (secondary N) is 1. The largest absolute Gasteiger partial charge is 0.481 e. The maximum atomic E-state index is 13.7. The molecule has 0 saturated heterocycles. The van der Waals surface area contributed by atoms with Gasteiger partial charge in [0.1, 0.15) is 0 Å². The molecular weight excluding hydrogens is 259 g/mol. The van der Waals surface area contributed by atoms with Crippen molar-refractivity contribution in [3.05, 3.63) is 29.6 Å². The SMILES string of the molecule is CCCC(C)NC(=O)COc1ccc(C(C)N)cc1F. The molecule has 112 valence electrons. The van der Waals surface area contributed by atoms with Gasteiger partial charge in [-0.05, 0) is 38.0 Å². The van der Waals surface area contributed by atoms with Crippen molar-refractivity contribution in [3.63, 3.8) is 0 Å². The number of carbonyl (C=O) groups excluding carboxylic acids is 1. The molecule has 2 unspecified atom stereocenters. The van der Waals surface area contributed by atoms with Gasteiger partial charge in [-0.3, -0.25) is 4.79 Å². The number of rotatable bonds is 7. The molecule has 1 amide bonds. The van der Waals surface area contributed by atoms with Crippen molar-refractivity contribution in [3.8, 4) is 5.75 Å². The number of halogens is 1. The van der Waals surface area contributed by atoms with Crippen molar-refractivity contribution in [1.29, 1.82) is 0 Å². The molecule has 3 N–H and O–H groups in total. The summed E-state index contributed by atoms with van der Waals surface area (Å²) in [6, 6.07) is 4.38. The van der Waals surface area contributed by atoms with Crippen molar-refractivity contribution < 1.29 is 13.9 Å². The summed E-state index contributed by atoms with van der Waals surface area (Å²) in [5.41, 5.74) is 6.36. The van der Waals surface area contributed by atoms with E-state index in [1.165, 1.54) is 12.1 Å². The zero-order valence-electron chi connectivity index (χ0n) is 12.3. The molecule has 0 spiro atoms. The summed E-state index contributed by atoms with van der Waals surface area (Å²) >= 11 is 0. The molecule has 1 aromatic rings. The Balaban J connectivity index is 2.51. The van der Waals surface area contributed by atoms with Crippen LogP contribution >= 0.6 is 0 Å². The molecule has 0 saturated carbocycles. The summed E-state index contributed by atoms with van der Waals surface area (Å²) in [5.74, 6) is -0.691. The summed E-state index contributed by atoms with van der Waals surface area (Å²) in [4.78, 5) is 11.6. The average molecular weight is 282 g/mol. The van der Waals surface area contributed by atoms with Crippen molar-refractivity contribution in [1.82, 2.24) is 5.32 Å². The van der Waals surface area contributed by atoms with Crippen LogP contribution in [0.1, 0.15) is 45.2 Å². The van der Waals surface area contributed by atoms with Crippen molar-refractivity contribution >= 4 is 5.91 Å². The third kappa shape index (κ3) is 5.17. The molecule has 0 aliphatic rings. The fraction of sp³-hybridized carbons (Fsp3) is 0.533. The molecule has 1 rings (SSSR count). The zero-order chi connectivity index (χ0) is 15.1. The zero-order valence-corrected chi connectivity index (χ0v) is 12.3. The van der Waals surface area contributed by atoms with Gasteiger partial charge in [0.05, 0.1) is 0 Å². The molecule has 0 heterocycles. The van der Waals surface area contributed by atoms with E-state index in [4.69, 9.17) is 10.5 Å². The summed E-state index contributed by atoms with van der Waals surface area (Å²) in [5, 5.41) is 2.79. The molecule has 0 aromatic heterocycles. The van der Waals surface area contributed by atoms with Crippen LogP contribution in [0.3, 0.4) is 0 Å². The van der Waals surface area contributed by atoms with Gasteiger partial charge in [-0.1, -0.05) is 19.4 Å². The van der Waals surface area contributed by atoms with Gasteiger partial charge in [0, 0.05) is 12.1 Å². The Kier molecular flexibility index (Phi) is 6.45. The molecule has 20 heavy (non-hydrogen) atoms. The van der Waals surface area contributed by atoms with E-state index < -0.39 is 5.82 Å².